The van der Waals surface area contributed by atoms with Crippen molar-refractivity contribution in [1.29, 1.82) is 0 Å². The van der Waals surface area contributed by atoms with Gasteiger partial charge in [-0.1, -0.05) is 48.5 Å². The van der Waals surface area contributed by atoms with Gasteiger partial charge in [-0.15, -0.1) is 13.2 Å². The maximum absolute atomic E-state index is 13.1. The summed E-state index contributed by atoms with van der Waals surface area (Å²) >= 11 is 0. The van der Waals surface area contributed by atoms with Crippen molar-refractivity contribution in [3.05, 3.63) is 115 Å². The Hall–Kier alpha value is -4.55. The molecule has 6 rings (SSSR count). The normalized spacial score (nSPS) is 14.6. The Morgan fingerprint density at radius 2 is 1.43 bits per heavy atom. The molecule has 44 heavy (non-hydrogen) atoms. The molecule has 0 aliphatic carbocycles. The Kier molecular flexibility index (Phi) is 8.19. The van der Waals surface area contributed by atoms with Gasteiger partial charge < -0.3 is 18.9 Å². The van der Waals surface area contributed by atoms with Crippen molar-refractivity contribution < 1.29 is 31.1 Å². The van der Waals surface area contributed by atoms with E-state index in [-0.39, 0.29) is 17.3 Å². The molecule has 8 nitrogen and oxygen atoms in total. The van der Waals surface area contributed by atoms with Crippen molar-refractivity contribution in [3.8, 4) is 11.5 Å². The van der Waals surface area contributed by atoms with Crippen LogP contribution in [0.5, 0.6) is 11.5 Å². The maximum atomic E-state index is 13.1. The minimum atomic E-state index is -4.77. The lowest BCUT2D eigenvalue weighted by Crippen LogP contribution is -2.48. The molecule has 2 heterocycles. The molecule has 4 aromatic carbocycles. The van der Waals surface area contributed by atoms with E-state index in [1.807, 2.05) is 53.1 Å². The van der Waals surface area contributed by atoms with Crippen molar-refractivity contribution in [2.75, 3.05) is 31.1 Å². The smallest absolute Gasteiger partial charge is 0.486 e. The van der Waals surface area contributed by atoms with Crippen LogP contribution in [0.1, 0.15) is 11.4 Å². The lowest BCUT2D eigenvalue weighted by atomic mass is 10.2. The molecule has 1 aliphatic rings. The average molecular weight is 623 g/mol. The first-order chi connectivity index (χ1) is 21.2. The molecular formula is C32H29F3N4O4S. The third-order valence-corrected chi connectivity index (χ3v) is 9.32. The Labute approximate surface area is 252 Å². The molecule has 0 spiro atoms. The molecule has 1 saturated heterocycles. The Balaban J connectivity index is 1.25. The fourth-order valence-electron chi connectivity index (χ4n) is 5.22. The fraction of sp³-hybridized carbons (Fsp3) is 0.219. The number of nitrogens with zero attached hydrogens (tertiary/aromatic N) is 4. The number of anilines is 1. The number of piperazine rings is 1. The van der Waals surface area contributed by atoms with Crippen LogP contribution >= 0.6 is 0 Å². The molecule has 228 valence electrons. The second-order valence-corrected chi connectivity index (χ2v) is 12.2. The second kappa shape index (κ2) is 12.2. The van der Waals surface area contributed by atoms with E-state index in [1.54, 1.807) is 42.5 Å². The second-order valence-electron chi connectivity index (χ2n) is 10.3. The Bertz CT molecular complexity index is 1820. The molecule has 1 aliphatic heterocycles. The number of benzene rings is 4. The summed E-state index contributed by atoms with van der Waals surface area (Å²) in [5.74, 6) is 1.04. The SMILES string of the molecule is O=S(=O)(c1ccccc1)N1CCN(c2ccc3nc(COc4ccccc4)n(Cc4ccc(OC(F)(F)F)cc4)c3c2)CC1. The number of imidazole rings is 1. The first kappa shape index (κ1) is 29.5. The van der Waals surface area contributed by atoms with Crippen LogP contribution in [0.2, 0.25) is 0 Å². The van der Waals surface area contributed by atoms with Crippen molar-refractivity contribution >= 4 is 26.7 Å². The number of hydrogen-bond acceptors (Lipinski definition) is 6. The number of ether oxygens (including phenoxy) is 2. The average Bonchev–Trinajstić information content (AvgIpc) is 3.37. The number of fused-ring (bicyclic) bond motifs is 1. The summed E-state index contributed by atoms with van der Waals surface area (Å²) in [5, 5.41) is 0. The maximum Gasteiger partial charge on any atom is 0.573 e. The molecule has 0 unspecified atom stereocenters. The van der Waals surface area contributed by atoms with Crippen LogP contribution in [0.25, 0.3) is 11.0 Å². The molecule has 0 N–H and O–H groups in total. The zero-order chi connectivity index (χ0) is 30.7. The van der Waals surface area contributed by atoms with E-state index in [9.17, 15) is 21.6 Å². The summed E-state index contributed by atoms with van der Waals surface area (Å²) in [7, 11) is -3.58. The Morgan fingerprint density at radius 3 is 2.09 bits per heavy atom. The van der Waals surface area contributed by atoms with Gasteiger partial charge >= 0.3 is 6.36 Å². The molecular weight excluding hydrogens is 593 g/mol. The minimum Gasteiger partial charge on any atom is -0.486 e. The van der Waals surface area contributed by atoms with Gasteiger partial charge in [-0.3, -0.25) is 0 Å². The number of para-hydroxylation sites is 1. The number of sulfonamides is 1. The number of alkyl halides is 3. The first-order valence-corrected chi connectivity index (χ1v) is 15.4. The van der Waals surface area contributed by atoms with Crippen LogP contribution in [-0.2, 0) is 23.2 Å². The topological polar surface area (TPSA) is 76.9 Å². The van der Waals surface area contributed by atoms with E-state index in [2.05, 4.69) is 9.64 Å². The Morgan fingerprint density at radius 1 is 0.773 bits per heavy atom. The first-order valence-electron chi connectivity index (χ1n) is 14.0. The van der Waals surface area contributed by atoms with Crippen LogP contribution in [0.15, 0.2) is 108 Å². The van der Waals surface area contributed by atoms with Crippen molar-refractivity contribution in [3.63, 3.8) is 0 Å². The quantitative estimate of drug-likeness (QED) is 0.199. The van der Waals surface area contributed by atoms with E-state index in [1.165, 1.54) is 16.4 Å². The summed E-state index contributed by atoms with van der Waals surface area (Å²) in [4.78, 5) is 7.23. The number of aromatic nitrogens is 2. The van der Waals surface area contributed by atoms with Crippen LogP contribution in [0, 0.1) is 0 Å². The van der Waals surface area contributed by atoms with Crippen molar-refractivity contribution in [2.45, 2.75) is 24.4 Å². The summed E-state index contributed by atoms with van der Waals surface area (Å²) in [6.45, 7) is 2.23. The predicted molar refractivity (Wildman–Crippen MR) is 160 cm³/mol. The van der Waals surface area contributed by atoms with Gasteiger partial charge in [-0.25, -0.2) is 13.4 Å². The fourth-order valence-corrected chi connectivity index (χ4v) is 6.66. The molecule has 0 saturated carbocycles. The van der Waals surface area contributed by atoms with Crippen LogP contribution in [0.4, 0.5) is 18.9 Å². The van der Waals surface area contributed by atoms with Gasteiger partial charge in [0.2, 0.25) is 10.0 Å². The molecule has 0 amide bonds. The van der Waals surface area contributed by atoms with Gasteiger partial charge in [0, 0.05) is 38.4 Å². The highest BCUT2D eigenvalue weighted by Gasteiger charge is 2.31. The summed E-state index contributed by atoms with van der Waals surface area (Å²) in [6.07, 6.45) is -4.77. The van der Waals surface area contributed by atoms with E-state index in [0.717, 1.165) is 22.3 Å². The molecule has 0 atom stereocenters. The molecule has 1 fully saturated rings. The lowest BCUT2D eigenvalue weighted by molar-refractivity contribution is -0.274. The highest BCUT2D eigenvalue weighted by atomic mass is 32.2. The van der Waals surface area contributed by atoms with Crippen LogP contribution in [0.3, 0.4) is 0 Å². The van der Waals surface area contributed by atoms with Crippen molar-refractivity contribution in [2.24, 2.45) is 0 Å². The van der Waals surface area contributed by atoms with E-state index < -0.39 is 16.4 Å². The van der Waals surface area contributed by atoms with Gasteiger partial charge in [-0.2, -0.15) is 4.31 Å². The van der Waals surface area contributed by atoms with Crippen molar-refractivity contribution in [1.82, 2.24) is 13.9 Å². The number of hydrogen-bond donors (Lipinski definition) is 0. The van der Waals surface area contributed by atoms with Gasteiger partial charge in [0.05, 0.1) is 15.9 Å². The summed E-state index contributed by atoms with van der Waals surface area (Å²) in [6, 6.07) is 29.4. The summed E-state index contributed by atoms with van der Waals surface area (Å²) < 4.78 is 77.7. The zero-order valence-corrected chi connectivity index (χ0v) is 24.3. The van der Waals surface area contributed by atoms with Gasteiger partial charge in [0.1, 0.15) is 23.9 Å². The predicted octanol–water partition coefficient (Wildman–Crippen LogP) is 6.07. The lowest BCUT2D eigenvalue weighted by Gasteiger charge is -2.35. The third kappa shape index (κ3) is 6.66. The molecule has 0 bridgehead atoms. The molecule has 0 radical (unpaired) electrons. The largest absolute Gasteiger partial charge is 0.573 e. The van der Waals surface area contributed by atoms with E-state index in [0.29, 0.717) is 44.3 Å². The highest BCUT2D eigenvalue weighted by molar-refractivity contribution is 7.89. The van der Waals surface area contributed by atoms with Gasteiger partial charge in [0.15, 0.2) is 0 Å². The zero-order valence-electron chi connectivity index (χ0n) is 23.5. The summed E-state index contributed by atoms with van der Waals surface area (Å²) in [5.41, 5.74) is 3.23. The van der Waals surface area contributed by atoms with E-state index in [4.69, 9.17) is 9.72 Å². The van der Waals surface area contributed by atoms with E-state index >= 15 is 0 Å². The van der Waals surface area contributed by atoms with Crippen LogP contribution in [-0.4, -0.2) is 54.8 Å². The number of rotatable bonds is 9. The van der Waals surface area contributed by atoms with Gasteiger partial charge in [0.25, 0.3) is 0 Å². The third-order valence-electron chi connectivity index (χ3n) is 7.40. The standard InChI is InChI=1S/C32H29F3N4O4S/c33-32(34,35)43-27-14-11-24(12-15-27)22-39-30-21-25(13-16-29(30)36-31(39)23-42-26-7-3-1-4-8-26)37-17-19-38(20-18-37)44(40,41)28-9-5-2-6-10-28/h1-16,21H,17-20,22-23H2. The molecule has 5 aromatic rings. The van der Waals surface area contributed by atoms with Gasteiger partial charge in [-0.05, 0) is 60.2 Å². The minimum absolute atomic E-state index is 0.180. The monoisotopic (exact) mass is 622 g/mol. The number of halogens is 3. The molecule has 12 heteroatoms. The molecule has 1 aromatic heterocycles. The highest BCUT2D eigenvalue weighted by Crippen LogP contribution is 2.28. The van der Waals surface area contributed by atoms with Crippen LogP contribution < -0.4 is 14.4 Å².